The van der Waals surface area contributed by atoms with Gasteiger partial charge in [-0.25, -0.2) is 4.39 Å². The highest BCUT2D eigenvalue weighted by molar-refractivity contribution is 5.78. The number of amides is 1. The van der Waals surface area contributed by atoms with Gasteiger partial charge in [0.2, 0.25) is 5.91 Å². The van der Waals surface area contributed by atoms with E-state index in [0.29, 0.717) is 12.1 Å². The Kier molecular flexibility index (Phi) is 5.28. The summed E-state index contributed by atoms with van der Waals surface area (Å²) < 4.78 is 13.1. The van der Waals surface area contributed by atoms with Gasteiger partial charge in [-0.1, -0.05) is 0 Å². The summed E-state index contributed by atoms with van der Waals surface area (Å²) >= 11 is 0. The Hall–Kier alpha value is -1.93. The highest BCUT2D eigenvalue weighted by atomic mass is 19.1. The number of hydrogen-bond acceptors (Lipinski definition) is 3. The Morgan fingerprint density at radius 3 is 2.78 bits per heavy atom. The number of nitriles is 1. The minimum atomic E-state index is -0.447. The van der Waals surface area contributed by atoms with Gasteiger partial charge < -0.3 is 10.6 Å². The number of nitrogens with one attached hydrogen (secondary N) is 2. The number of benzene rings is 1. The van der Waals surface area contributed by atoms with E-state index in [9.17, 15) is 9.18 Å². The Morgan fingerprint density at radius 1 is 1.44 bits per heavy atom. The van der Waals surface area contributed by atoms with Gasteiger partial charge in [0.1, 0.15) is 5.82 Å². The van der Waals surface area contributed by atoms with Crippen molar-refractivity contribution in [1.29, 1.82) is 5.26 Å². The maximum Gasteiger partial charge on any atom is 0.234 e. The van der Waals surface area contributed by atoms with E-state index in [1.807, 2.05) is 19.9 Å². The van der Waals surface area contributed by atoms with Gasteiger partial charge in [0, 0.05) is 12.6 Å². The Morgan fingerprint density at radius 2 is 2.17 bits per heavy atom. The molecule has 1 aromatic carbocycles. The molecule has 1 rings (SSSR count). The van der Waals surface area contributed by atoms with Crippen LogP contribution >= 0.6 is 0 Å². The van der Waals surface area contributed by atoms with Crippen molar-refractivity contribution in [3.63, 3.8) is 0 Å². The van der Waals surface area contributed by atoms with Crippen LogP contribution in [0.15, 0.2) is 18.2 Å². The molecule has 0 radical (unpaired) electrons. The van der Waals surface area contributed by atoms with Crippen molar-refractivity contribution in [1.82, 2.24) is 10.6 Å². The fraction of sp³-hybridized carbons (Fsp3) is 0.385. The molecule has 0 aliphatic rings. The van der Waals surface area contributed by atoms with Crippen molar-refractivity contribution in [3.05, 3.63) is 35.1 Å². The van der Waals surface area contributed by atoms with Crippen LogP contribution in [0.25, 0.3) is 0 Å². The summed E-state index contributed by atoms with van der Waals surface area (Å²) in [4.78, 5) is 11.3. The van der Waals surface area contributed by atoms with Crippen LogP contribution in [0.3, 0.4) is 0 Å². The first kappa shape index (κ1) is 14.1. The van der Waals surface area contributed by atoms with Crippen LogP contribution in [0.2, 0.25) is 0 Å². The average Bonchev–Trinajstić information content (AvgIpc) is 2.27. The van der Waals surface area contributed by atoms with E-state index >= 15 is 0 Å². The van der Waals surface area contributed by atoms with Gasteiger partial charge in [-0.15, -0.1) is 0 Å². The number of halogens is 1. The number of carbonyl (C=O) groups excluding carboxylic acids is 1. The summed E-state index contributed by atoms with van der Waals surface area (Å²) in [6.45, 7) is 4.27. The molecule has 96 valence electrons. The van der Waals surface area contributed by atoms with Gasteiger partial charge in [0.15, 0.2) is 0 Å². The minimum absolute atomic E-state index is 0.0960. The van der Waals surface area contributed by atoms with Crippen LogP contribution in [0.1, 0.15) is 25.0 Å². The van der Waals surface area contributed by atoms with E-state index in [2.05, 4.69) is 10.6 Å². The molecule has 18 heavy (non-hydrogen) atoms. The lowest BCUT2D eigenvalue weighted by molar-refractivity contribution is -0.120. The first-order valence-corrected chi connectivity index (χ1v) is 5.71. The topological polar surface area (TPSA) is 64.9 Å². The first-order chi connectivity index (χ1) is 8.51. The van der Waals surface area contributed by atoms with Gasteiger partial charge in [-0.2, -0.15) is 5.26 Å². The van der Waals surface area contributed by atoms with Crippen molar-refractivity contribution in [2.45, 2.75) is 26.4 Å². The molecule has 4 nitrogen and oxygen atoms in total. The second-order valence-corrected chi connectivity index (χ2v) is 4.29. The van der Waals surface area contributed by atoms with Crippen LogP contribution in [0.4, 0.5) is 4.39 Å². The van der Waals surface area contributed by atoms with Gasteiger partial charge in [0.05, 0.1) is 18.2 Å². The van der Waals surface area contributed by atoms with Crippen LogP contribution in [-0.4, -0.2) is 18.5 Å². The molecule has 0 bridgehead atoms. The van der Waals surface area contributed by atoms with Gasteiger partial charge in [-0.3, -0.25) is 4.79 Å². The van der Waals surface area contributed by atoms with Crippen molar-refractivity contribution in [2.24, 2.45) is 0 Å². The van der Waals surface area contributed by atoms with Crippen LogP contribution in [0, 0.1) is 17.1 Å². The summed E-state index contributed by atoms with van der Waals surface area (Å²) in [7, 11) is 0. The van der Waals surface area contributed by atoms with E-state index in [0.717, 1.165) is 0 Å². The fourth-order valence-electron chi connectivity index (χ4n) is 1.51. The average molecular weight is 249 g/mol. The zero-order valence-electron chi connectivity index (χ0n) is 10.5. The van der Waals surface area contributed by atoms with Gasteiger partial charge in [0.25, 0.3) is 0 Å². The highest BCUT2D eigenvalue weighted by Crippen LogP contribution is 2.08. The number of nitrogens with zero attached hydrogens (tertiary/aromatic N) is 1. The van der Waals surface area contributed by atoms with Gasteiger partial charge >= 0.3 is 0 Å². The van der Waals surface area contributed by atoms with Crippen molar-refractivity contribution in [3.8, 4) is 6.07 Å². The van der Waals surface area contributed by atoms with E-state index in [-0.39, 0.29) is 24.1 Å². The van der Waals surface area contributed by atoms with Crippen molar-refractivity contribution in [2.75, 3.05) is 6.54 Å². The normalized spacial score (nSPS) is 10.2. The standard InChI is InChI=1S/C13H16FN3O/c1-9(2)17-13(18)8-16-7-11-3-10(6-15)4-12(14)5-11/h3-5,9,16H,7-8H2,1-2H3,(H,17,18). The molecule has 0 atom stereocenters. The largest absolute Gasteiger partial charge is 0.353 e. The molecule has 0 aromatic heterocycles. The number of carbonyl (C=O) groups is 1. The van der Waals surface area contributed by atoms with Crippen LogP contribution < -0.4 is 10.6 Å². The predicted octanol–water partition coefficient (Wildman–Crippen LogP) is 1.31. The zero-order chi connectivity index (χ0) is 13.5. The molecule has 1 amide bonds. The minimum Gasteiger partial charge on any atom is -0.353 e. The predicted molar refractivity (Wildman–Crippen MR) is 66.1 cm³/mol. The van der Waals surface area contributed by atoms with E-state index in [4.69, 9.17) is 5.26 Å². The molecular formula is C13H16FN3O. The Balaban J connectivity index is 2.47. The SMILES string of the molecule is CC(C)NC(=O)CNCc1cc(F)cc(C#N)c1. The third kappa shape index (κ3) is 4.93. The van der Waals surface area contributed by atoms with Crippen LogP contribution in [-0.2, 0) is 11.3 Å². The summed E-state index contributed by atoms with van der Waals surface area (Å²) in [6, 6.07) is 6.09. The second kappa shape index (κ2) is 6.72. The van der Waals surface area contributed by atoms with E-state index in [1.54, 1.807) is 6.07 Å². The van der Waals surface area contributed by atoms with Crippen molar-refractivity contribution < 1.29 is 9.18 Å². The summed E-state index contributed by atoms with van der Waals surface area (Å²) in [5, 5.41) is 14.3. The van der Waals surface area contributed by atoms with Crippen LogP contribution in [0.5, 0.6) is 0 Å². The molecule has 0 aliphatic heterocycles. The second-order valence-electron chi connectivity index (χ2n) is 4.29. The maximum atomic E-state index is 13.1. The molecule has 0 aliphatic carbocycles. The van der Waals surface area contributed by atoms with Crippen molar-refractivity contribution >= 4 is 5.91 Å². The maximum absolute atomic E-state index is 13.1. The summed E-state index contributed by atoms with van der Waals surface area (Å²) in [6.07, 6.45) is 0. The smallest absolute Gasteiger partial charge is 0.234 e. The molecule has 0 spiro atoms. The zero-order valence-corrected chi connectivity index (χ0v) is 10.5. The third-order valence-electron chi connectivity index (χ3n) is 2.15. The molecule has 0 saturated carbocycles. The third-order valence-corrected chi connectivity index (χ3v) is 2.15. The van der Waals surface area contributed by atoms with E-state index < -0.39 is 5.82 Å². The molecule has 2 N–H and O–H groups in total. The van der Waals surface area contributed by atoms with E-state index in [1.165, 1.54) is 12.1 Å². The Bertz CT molecular complexity index is 466. The molecule has 0 saturated heterocycles. The summed E-state index contributed by atoms with van der Waals surface area (Å²) in [5.41, 5.74) is 0.919. The Labute approximate surface area is 106 Å². The fourth-order valence-corrected chi connectivity index (χ4v) is 1.51. The lowest BCUT2D eigenvalue weighted by Gasteiger charge is -2.09. The highest BCUT2D eigenvalue weighted by Gasteiger charge is 2.04. The molecule has 0 unspecified atom stereocenters. The quantitative estimate of drug-likeness (QED) is 0.827. The number of rotatable bonds is 5. The van der Waals surface area contributed by atoms with Gasteiger partial charge in [-0.05, 0) is 37.6 Å². The number of hydrogen-bond donors (Lipinski definition) is 2. The summed E-state index contributed by atoms with van der Waals surface area (Å²) in [5.74, 6) is -0.556. The lowest BCUT2D eigenvalue weighted by Crippen LogP contribution is -2.37. The lowest BCUT2D eigenvalue weighted by atomic mass is 10.1. The molecular weight excluding hydrogens is 233 g/mol. The monoisotopic (exact) mass is 249 g/mol. The molecule has 5 heteroatoms. The molecule has 0 heterocycles. The molecule has 0 fully saturated rings. The first-order valence-electron chi connectivity index (χ1n) is 5.71. The molecule has 1 aromatic rings.